The maximum atomic E-state index is 13.5. The van der Waals surface area contributed by atoms with Gasteiger partial charge in [0.2, 0.25) is 0 Å². The fourth-order valence-corrected chi connectivity index (χ4v) is 4.99. The highest BCUT2D eigenvalue weighted by atomic mass is 32.1. The van der Waals surface area contributed by atoms with Crippen LogP contribution in [0.25, 0.3) is 11.1 Å². The Morgan fingerprint density at radius 3 is 2.18 bits per heavy atom. The number of carbonyl (C=O) groups is 2. The zero-order chi connectivity index (χ0) is 26.9. The van der Waals surface area contributed by atoms with Crippen molar-refractivity contribution in [2.75, 3.05) is 6.54 Å². The zero-order valence-corrected chi connectivity index (χ0v) is 22.2. The molecule has 1 atom stereocenters. The Bertz CT molecular complexity index is 1290. The van der Waals surface area contributed by atoms with Crippen LogP contribution in [0.2, 0.25) is 0 Å². The molecule has 0 aromatic heterocycles. The number of thiocarbonyl (C=S) groups is 1. The van der Waals surface area contributed by atoms with Crippen LogP contribution >= 0.6 is 12.2 Å². The first kappa shape index (κ1) is 27.1. The van der Waals surface area contributed by atoms with E-state index in [1.165, 1.54) is 0 Å². The normalized spacial score (nSPS) is 15.2. The molecule has 0 fully saturated rings. The van der Waals surface area contributed by atoms with Crippen molar-refractivity contribution in [3.8, 4) is 11.1 Å². The summed E-state index contributed by atoms with van der Waals surface area (Å²) in [6, 6.07) is 27.5. The summed E-state index contributed by atoms with van der Waals surface area (Å²) < 4.78 is 5.76. The van der Waals surface area contributed by atoms with Gasteiger partial charge < -0.3 is 20.1 Å². The molecule has 0 spiro atoms. The number of hydrogen-bond acceptors (Lipinski definition) is 4. The number of rotatable bonds is 11. The highest BCUT2D eigenvalue weighted by Crippen LogP contribution is 2.36. The van der Waals surface area contributed by atoms with Crippen molar-refractivity contribution >= 4 is 29.3 Å². The van der Waals surface area contributed by atoms with E-state index >= 15 is 0 Å². The first-order valence-corrected chi connectivity index (χ1v) is 13.2. The second-order valence-corrected chi connectivity index (χ2v) is 9.71. The number of carboxylic acids is 1. The number of esters is 1. The first-order chi connectivity index (χ1) is 18.4. The summed E-state index contributed by atoms with van der Waals surface area (Å²) in [5, 5.41) is 12.7. The molecule has 1 unspecified atom stereocenters. The Balaban J connectivity index is 1.61. The minimum Gasteiger partial charge on any atom is -0.481 e. The minimum absolute atomic E-state index is 0.142. The Kier molecular flexibility index (Phi) is 9.27. The molecule has 0 bridgehead atoms. The standard InChI is InChI=1S/C31H32N2O4S/c1-22-28(30(36)37-21-23-11-5-2-6-12-23)29(33(31(38)32-22)20-10-4-9-15-27(34)35)26-18-16-25(17-19-26)24-13-7-3-8-14-24/h2-3,5-8,11-14,16-19,29H,4,9-10,15,20-21H2,1H3,(H,32,38)(H,34,35). The van der Waals surface area contributed by atoms with Crippen molar-refractivity contribution in [3.63, 3.8) is 0 Å². The smallest absolute Gasteiger partial charge is 0.338 e. The minimum atomic E-state index is -0.793. The molecule has 0 saturated heterocycles. The van der Waals surface area contributed by atoms with Gasteiger partial charge in [0.25, 0.3) is 0 Å². The van der Waals surface area contributed by atoms with Gasteiger partial charge in [-0.05, 0) is 54.2 Å². The number of unbranched alkanes of at least 4 members (excludes halogenated alkanes) is 2. The maximum Gasteiger partial charge on any atom is 0.338 e. The van der Waals surface area contributed by atoms with Crippen LogP contribution in [0.1, 0.15) is 49.8 Å². The van der Waals surface area contributed by atoms with Crippen LogP contribution in [-0.2, 0) is 20.9 Å². The lowest BCUT2D eigenvalue weighted by Gasteiger charge is -2.40. The molecule has 0 amide bonds. The number of carbonyl (C=O) groups excluding carboxylic acids is 1. The van der Waals surface area contributed by atoms with Gasteiger partial charge in [0.1, 0.15) is 6.61 Å². The van der Waals surface area contributed by atoms with Crippen molar-refractivity contribution in [1.82, 2.24) is 10.2 Å². The summed E-state index contributed by atoms with van der Waals surface area (Å²) in [5.74, 6) is -1.19. The largest absolute Gasteiger partial charge is 0.481 e. The molecule has 1 aliphatic heterocycles. The molecule has 1 heterocycles. The first-order valence-electron chi connectivity index (χ1n) is 12.8. The molecule has 0 aliphatic carbocycles. The lowest BCUT2D eigenvalue weighted by atomic mass is 9.92. The van der Waals surface area contributed by atoms with E-state index in [9.17, 15) is 9.59 Å². The van der Waals surface area contributed by atoms with Crippen LogP contribution < -0.4 is 5.32 Å². The van der Waals surface area contributed by atoms with Gasteiger partial charge in [-0.2, -0.15) is 0 Å². The SMILES string of the molecule is CC1=C(C(=O)OCc2ccccc2)C(c2ccc(-c3ccccc3)cc2)N(CCCCCC(=O)O)C(=S)N1. The van der Waals surface area contributed by atoms with Gasteiger partial charge >= 0.3 is 11.9 Å². The lowest BCUT2D eigenvalue weighted by molar-refractivity contribution is -0.141. The Morgan fingerprint density at radius 2 is 1.53 bits per heavy atom. The van der Waals surface area contributed by atoms with Gasteiger partial charge in [-0.3, -0.25) is 4.79 Å². The molecule has 4 rings (SSSR count). The van der Waals surface area contributed by atoms with E-state index < -0.39 is 18.0 Å². The number of hydrogen-bond donors (Lipinski definition) is 2. The predicted molar refractivity (Wildman–Crippen MR) is 152 cm³/mol. The Morgan fingerprint density at radius 1 is 0.895 bits per heavy atom. The number of allylic oxidation sites excluding steroid dienone is 1. The molecular formula is C31H32N2O4S. The van der Waals surface area contributed by atoms with Crippen molar-refractivity contribution < 1.29 is 19.4 Å². The summed E-state index contributed by atoms with van der Waals surface area (Å²) >= 11 is 5.72. The lowest BCUT2D eigenvalue weighted by Crippen LogP contribution is -2.48. The van der Waals surface area contributed by atoms with Crippen LogP contribution in [0.15, 0.2) is 96.2 Å². The van der Waals surface area contributed by atoms with Gasteiger partial charge in [-0.25, -0.2) is 4.79 Å². The van der Waals surface area contributed by atoms with E-state index in [1.807, 2.05) is 72.5 Å². The predicted octanol–water partition coefficient (Wildman–Crippen LogP) is 6.25. The topological polar surface area (TPSA) is 78.9 Å². The van der Waals surface area contributed by atoms with E-state index in [0.717, 1.165) is 35.1 Å². The summed E-state index contributed by atoms with van der Waals surface area (Å²) in [4.78, 5) is 26.4. The van der Waals surface area contributed by atoms with Crippen molar-refractivity contribution in [2.24, 2.45) is 0 Å². The van der Waals surface area contributed by atoms with Gasteiger partial charge in [0.05, 0.1) is 11.6 Å². The van der Waals surface area contributed by atoms with Crippen molar-refractivity contribution in [3.05, 3.63) is 107 Å². The number of nitrogens with one attached hydrogen (secondary N) is 1. The molecule has 3 aromatic carbocycles. The van der Waals surface area contributed by atoms with E-state index in [-0.39, 0.29) is 13.0 Å². The van der Waals surface area contributed by atoms with E-state index in [2.05, 4.69) is 29.6 Å². The quantitative estimate of drug-likeness (QED) is 0.173. The molecule has 0 radical (unpaired) electrons. The van der Waals surface area contributed by atoms with Crippen LogP contribution in [0, 0.1) is 0 Å². The fourth-order valence-electron chi connectivity index (χ4n) is 4.64. The molecule has 2 N–H and O–H groups in total. The van der Waals surface area contributed by atoms with Gasteiger partial charge in [0, 0.05) is 18.7 Å². The number of ether oxygens (including phenoxy) is 1. The Labute approximate surface area is 228 Å². The van der Waals surface area contributed by atoms with Crippen LogP contribution in [-0.4, -0.2) is 33.6 Å². The zero-order valence-electron chi connectivity index (χ0n) is 21.4. The van der Waals surface area contributed by atoms with Crippen molar-refractivity contribution in [2.45, 2.75) is 45.3 Å². The third-order valence-electron chi connectivity index (χ3n) is 6.60. The average molecular weight is 529 g/mol. The van der Waals surface area contributed by atoms with Crippen LogP contribution in [0.4, 0.5) is 0 Å². The highest BCUT2D eigenvalue weighted by Gasteiger charge is 2.36. The number of carboxylic acid groups (broad SMARTS) is 1. The van der Waals surface area contributed by atoms with Crippen molar-refractivity contribution in [1.29, 1.82) is 0 Å². The third-order valence-corrected chi connectivity index (χ3v) is 6.94. The maximum absolute atomic E-state index is 13.5. The second kappa shape index (κ2) is 13.0. The summed E-state index contributed by atoms with van der Waals surface area (Å²) in [5.41, 5.74) is 5.24. The number of aliphatic carboxylic acids is 1. The Hall–Kier alpha value is -3.97. The average Bonchev–Trinajstić information content (AvgIpc) is 2.93. The highest BCUT2D eigenvalue weighted by molar-refractivity contribution is 7.80. The monoisotopic (exact) mass is 528 g/mol. The molecule has 38 heavy (non-hydrogen) atoms. The summed E-state index contributed by atoms with van der Waals surface area (Å²) in [7, 11) is 0. The van der Waals surface area contributed by atoms with Crippen LogP contribution in [0.5, 0.6) is 0 Å². The molecule has 1 aliphatic rings. The molecule has 196 valence electrons. The molecule has 6 nitrogen and oxygen atoms in total. The molecule has 0 saturated carbocycles. The molecular weight excluding hydrogens is 496 g/mol. The number of benzene rings is 3. The van der Waals surface area contributed by atoms with E-state index in [4.69, 9.17) is 22.1 Å². The van der Waals surface area contributed by atoms with E-state index in [0.29, 0.717) is 29.3 Å². The molecule has 3 aromatic rings. The van der Waals surface area contributed by atoms with Gasteiger partial charge in [-0.1, -0.05) is 91.3 Å². The third kappa shape index (κ3) is 6.86. The second-order valence-electron chi connectivity index (χ2n) is 9.32. The summed E-state index contributed by atoms with van der Waals surface area (Å²) in [6.07, 6.45) is 2.24. The number of nitrogens with zero attached hydrogens (tertiary/aromatic N) is 1. The molecule has 7 heteroatoms. The van der Waals surface area contributed by atoms with Crippen LogP contribution in [0.3, 0.4) is 0 Å². The fraction of sp³-hybridized carbons (Fsp3) is 0.258. The summed E-state index contributed by atoms with van der Waals surface area (Å²) in [6.45, 7) is 2.61. The van der Waals surface area contributed by atoms with E-state index in [1.54, 1.807) is 0 Å². The van der Waals surface area contributed by atoms with Gasteiger partial charge in [-0.15, -0.1) is 0 Å². The van der Waals surface area contributed by atoms with Gasteiger partial charge in [0.15, 0.2) is 5.11 Å².